The van der Waals surface area contributed by atoms with Gasteiger partial charge in [0.2, 0.25) is 5.69 Å². The fourth-order valence-electron chi connectivity index (χ4n) is 2.25. The van der Waals surface area contributed by atoms with Gasteiger partial charge in [-0.25, -0.2) is 4.79 Å². The summed E-state index contributed by atoms with van der Waals surface area (Å²) in [6, 6.07) is 11.8. The van der Waals surface area contributed by atoms with Crippen LogP contribution in [-0.4, -0.2) is 18.3 Å². The first-order chi connectivity index (χ1) is 12.0. The molecule has 0 unspecified atom stereocenters. The van der Waals surface area contributed by atoms with Crippen LogP contribution in [0.4, 0.5) is 5.69 Å². The third-order valence-corrected chi connectivity index (χ3v) is 4.05. The van der Waals surface area contributed by atoms with E-state index in [0.29, 0.717) is 27.7 Å². The minimum absolute atomic E-state index is 0.246. The van der Waals surface area contributed by atoms with Crippen molar-refractivity contribution < 1.29 is 19.0 Å². The van der Waals surface area contributed by atoms with Gasteiger partial charge in [-0.2, -0.15) is 0 Å². The zero-order valence-electron chi connectivity index (χ0n) is 13.4. The molecule has 0 aliphatic carbocycles. The Labute approximate surface area is 147 Å². The fraction of sp³-hybridized carbons (Fsp3) is 0.118. The van der Waals surface area contributed by atoms with Gasteiger partial charge >= 0.3 is 11.3 Å². The maximum absolute atomic E-state index is 12.5. The molecule has 128 valence electrons. The summed E-state index contributed by atoms with van der Waals surface area (Å²) in [7, 11) is 1.54. The van der Waals surface area contributed by atoms with E-state index in [0.717, 1.165) is 0 Å². The first-order valence-electron chi connectivity index (χ1n) is 7.30. The van der Waals surface area contributed by atoms with Crippen molar-refractivity contribution in [2.45, 2.75) is 6.92 Å². The number of aromatic amines is 1. The zero-order valence-corrected chi connectivity index (χ0v) is 14.2. The smallest absolute Gasteiger partial charge is 0.436 e. The first-order valence-corrected chi connectivity index (χ1v) is 7.68. The van der Waals surface area contributed by atoms with Crippen LogP contribution in [0.1, 0.15) is 11.3 Å². The number of hydrogen-bond acceptors (Lipinski definition) is 5. The Morgan fingerprint density at radius 3 is 2.68 bits per heavy atom. The summed E-state index contributed by atoms with van der Waals surface area (Å²) in [5.41, 5.74) is 0.495. The minimum Gasteiger partial charge on any atom is -0.854 e. The second kappa shape index (κ2) is 6.82. The van der Waals surface area contributed by atoms with Crippen molar-refractivity contribution in [3.63, 3.8) is 0 Å². The van der Waals surface area contributed by atoms with Crippen LogP contribution >= 0.6 is 11.6 Å². The molecule has 0 fully saturated rings. The molecular weight excluding hydrogens is 346 g/mol. The molecule has 0 aliphatic heterocycles. The molecule has 0 saturated carbocycles. The predicted octanol–water partition coefficient (Wildman–Crippen LogP) is 1.65. The number of methoxy groups -OCH3 is 1. The number of nitrogens with zero attached hydrogens (tertiary/aromatic N) is 2. The molecule has 2 aromatic carbocycles. The van der Waals surface area contributed by atoms with Crippen molar-refractivity contribution in [1.29, 1.82) is 0 Å². The van der Waals surface area contributed by atoms with Crippen LogP contribution in [0.3, 0.4) is 0 Å². The summed E-state index contributed by atoms with van der Waals surface area (Å²) in [5.74, 6) is -0.0986. The van der Waals surface area contributed by atoms with Gasteiger partial charge in [0, 0.05) is 17.2 Å². The molecule has 0 amide bonds. The van der Waals surface area contributed by atoms with Gasteiger partial charge < -0.3 is 9.84 Å². The molecule has 25 heavy (non-hydrogen) atoms. The Balaban J connectivity index is 2.08. The maximum Gasteiger partial charge on any atom is 0.436 e. The van der Waals surface area contributed by atoms with Gasteiger partial charge in [-0.1, -0.05) is 17.7 Å². The Kier molecular flexibility index (Phi) is 4.58. The van der Waals surface area contributed by atoms with Crippen LogP contribution in [0.2, 0.25) is 5.02 Å². The van der Waals surface area contributed by atoms with Gasteiger partial charge in [0.05, 0.1) is 18.7 Å². The summed E-state index contributed by atoms with van der Waals surface area (Å²) in [5, 5.41) is 15.4. The van der Waals surface area contributed by atoms with Crippen LogP contribution in [0, 0.1) is 6.92 Å². The van der Waals surface area contributed by atoms with E-state index in [1.807, 2.05) is 0 Å². The monoisotopic (exact) mass is 359 g/mol. The van der Waals surface area contributed by atoms with Crippen LogP contribution in [0.15, 0.2) is 56.8 Å². The Hall–Kier alpha value is -3.06. The quantitative estimate of drug-likeness (QED) is 0.435. The zero-order chi connectivity index (χ0) is 18.0. The molecule has 8 heteroatoms. The largest absolute Gasteiger partial charge is 0.854 e. The molecule has 0 aliphatic rings. The molecule has 0 bridgehead atoms. The average Bonchev–Trinajstić information content (AvgIpc) is 3.00. The van der Waals surface area contributed by atoms with E-state index in [-0.39, 0.29) is 5.69 Å². The SMILES string of the molecule is COc1ccc(-[n+]2[nH]oc(=O)c2C([O-])=Nc2cccc(Cl)c2C)cc1. The molecule has 0 radical (unpaired) electrons. The van der Waals surface area contributed by atoms with E-state index in [1.165, 1.54) is 4.68 Å². The van der Waals surface area contributed by atoms with Gasteiger partial charge in [-0.15, -0.1) is 0 Å². The lowest BCUT2D eigenvalue weighted by Crippen LogP contribution is -2.44. The predicted molar refractivity (Wildman–Crippen MR) is 89.8 cm³/mol. The molecule has 3 aromatic rings. The lowest BCUT2D eigenvalue weighted by molar-refractivity contribution is -0.673. The standard InChI is InChI=1S/C17H14ClN3O4/c1-10-13(18)4-3-5-14(10)19-16(22)15-17(23)25-20-21(15)11-6-8-12(24-2)9-7-11/h3-9H,1-2H3,(H-,19,20,22,23). The number of nitrogens with one attached hydrogen (secondary N) is 1. The highest BCUT2D eigenvalue weighted by Gasteiger charge is 2.24. The summed E-state index contributed by atoms with van der Waals surface area (Å²) < 4.78 is 11.1. The number of rotatable bonds is 4. The maximum atomic E-state index is 12.5. The normalized spacial score (nSPS) is 11.6. The number of hydrogen-bond donors (Lipinski definition) is 1. The van der Waals surface area contributed by atoms with Gasteiger partial charge in [0.15, 0.2) is 0 Å². The van der Waals surface area contributed by atoms with Crippen LogP contribution in [0.5, 0.6) is 5.75 Å². The Morgan fingerprint density at radius 1 is 1.28 bits per heavy atom. The highest BCUT2D eigenvalue weighted by Crippen LogP contribution is 2.25. The van der Waals surface area contributed by atoms with Crippen molar-refractivity contribution >= 4 is 23.2 Å². The lowest BCUT2D eigenvalue weighted by Gasteiger charge is -2.07. The third kappa shape index (κ3) is 3.27. The summed E-state index contributed by atoms with van der Waals surface area (Å²) in [6.45, 7) is 1.74. The Morgan fingerprint density at radius 2 is 2.00 bits per heavy atom. The van der Waals surface area contributed by atoms with Crippen LogP contribution in [0.25, 0.3) is 5.69 Å². The Bertz CT molecular complexity index is 990. The van der Waals surface area contributed by atoms with E-state index in [4.69, 9.17) is 20.9 Å². The van der Waals surface area contributed by atoms with Crippen molar-refractivity contribution in [2.75, 3.05) is 7.11 Å². The molecule has 1 aromatic heterocycles. The molecule has 0 saturated heterocycles. The number of H-pyrrole nitrogens is 1. The van der Waals surface area contributed by atoms with E-state index >= 15 is 0 Å². The topological polar surface area (TPSA) is 94.5 Å². The molecule has 3 rings (SSSR count). The molecular formula is C17H14ClN3O4. The van der Waals surface area contributed by atoms with E-state index in [9.17, 15) is 9.90 Å². The van der Waals surface area contributed by atoms with Gasteiger partial charge in [-0.05, 0) is 46.7 Å². The van der Waals surface area contributed by atoms with E-state index in [2.05, 4.69) is 10.3 Å². The van der Waals surface area contributed by atoms with Crippen molar-refractivity contribution in [1.82, 2.24) is 5.27 Å². The molecule has 7 nitrogen and oxygen atoms in total. The fourth-order valence-corrected chi connectivity index (χ4v) is 2.42. The highest BCUT2D eigenvalue weighted by atomic mass is 35.5. The van der Waals surface area contributed by atoms with E-state index in [1.54, 1.807) is 56.5 Å². The van der Waals surface area contributed by atoms with Crippen LogP contribution < -0.4 is 20.2 Å². The first kappa shape index (κ1) is 16.8. The lowest BCUT2D eigenvalue weighted by atomic mass is 10.2. The number of aromatic nitrogens is 2. The second-order valence-corrected chi connectivity index (χ2v) is 5.57. The number of benzene rings is 2. The van der Waals surface area contributed by atoms with Crippen molar-refractivity contribution in [2.24, 2.45) is 4.99 Å². The highest BCUT2D eigenvalue weighted by molar-refractivity contribution is 6.31. The molecule has 1 N–H and O–H groups in total. The molecule has 1 heterocycles. The number of aliphatic imine (C=N–C) groups is 1. The minimum atomic E-state index is -0.816. The van der Waals surface area contributed by atoms with Crippen molar-refractivity contribution in [3.05, 3.63) is 69.2 Å². The number of ether oxygens (including phenoxy) is 1. The molecule has 0 spiro atoms. The van der Waals surface area contributed by atoms with E-state index < -0.39 is 11.5 Å². The van der Waals surface area contributed by atoms with Gasteiger partial charge in [0.25, 0.3) is 0 Å². The van der Waals surface area contributed by atoms with Gasteiger partial charge in [-0.3, -0.25) is 9.52 Å². The summed E-state index contributed by atoms with van der Waals surface area (Å²) in [4.78, 5) is 16.0. The average molecular weight is 360 g/mol. The van der Waals surface area contributed by atoms with Crippen LogP contribution in [-0.2, 0) is 0 Å². The summed E-state index contributed by atoms with van der Waals surface area (Å²) in [6.07, 6.45) is 0. The molecule has 0 atom stereocenters. The van der Waals surface area contributed by atoms with Crippen molar-refractivity contribution in [3.8, 4) is 11.4 Å². The number of halogens is 1. The third-order valence-electron chi connectivity index (χ3n) is 3.64. The van der Waals surface area contributed by atoms with Gasteiger partial charge in [0.1, 0.15) is 5.75 Å². The second-order valence-electron chi connectivity index (χ2n) is 5.16. The summed E-state index contributed by atoms with van der Waals surface area (Å²) >= 11 is 6.03.